The van der Waals surface area contributed by atoms with Gasteiger partial charge in [0, 0.05) is 18.8 Å². The summed E-state index contributed by atoms with van der Waals surface area (Å²) in [6.07, 6.45) is 2.34. The number of carbonyl (C=O) groups is 1. The average Bonchev–Trinajstić information content (AvgIpc) is 3.18. The molecule has 0 radical (unpaired) electrons. The first kappa shape index (κ1) is 35.0. The highest BCUT2D eigenvalue weighted by Crippen LogP contribution is 2.49. The van der Waals surface area contributed by atoms with Gasteiger partial charge in [0.15, 0.2) is 0 Å². The highest BCUT2D eigenvalue weighted by Gasteiger charge is 2.37. The van der Waals surface area contributed by atoms with Gasteiger partial charge in [-0.2, -0.15) is 0 Å². The van der Waals surface area contributed by atoms with Crippen LogP contribution in [-0.2, 0) is 14.3 Å². The molecule has 0 aliphatic rings. The fraction of sp³-hybridized carbons (Fsp3) is 0.159. The first-order valence-corrected chi connectivity index (χ1v) is 18.4. The molecule has 48 heavy (non-hydrogen) atoms. The number of carbonyl (C=O) groups excluding carboxylic acids is 1. The van der Waals surface area contributed by atoms with Crippen molar-refractivity contribution in [1.29, 1.82) is 0 Å². The number of hydrogen-bond acceptors (Lipinski definition) is 4. The number of benzene rings is 6. The van der Waals surface area contributed by atoms with Crippen LogP contribution >= 0.6 is 23.5 Å². The van der Waals surface area contributed by atoms with Gasteiger partial charge in [0.2, 0.25) is 0 Å². The highest BCUT2D eigenvalue weighted by atomic mass is 32.2. The summed E-state index contributed by atoms with van der Waals surface area (Å²) in [5.41, 5.74) is 7.51. The van der Waals surface area contributed by atoms with E-state index in [1.54, 1.807) is 0 Å². The van der Waals surface area contributed by atoms with Crippen LogP contribution in [0.3, 0.4) is 0 Å². The van der Waals surface area contributed by atoms with Gasteiger partial charge in [0.05, 0.1) is 9.49 Å². The molecule has 0 aromatic heterocycles. The Bertz CT molecular complexity index is 1560. The Hall–Kier alpha value is -4.35. The van der Waals surface area contributed by atoms with Crippen molar-refractivity contribution < 1.29 is 9.90 Å². The first-order chi connectivity index (χ1) is 23.8. The summed E-state index contributed by atoms with van der Waals surface area (Å²) >= 11 is 3.71. The molecule has 242 valence electrons. The van der Waals surface area contributed by atoms with Gasteiger partial charge in [-0.25, -0.2) is 0 Å². The first-order valence-electron chi connectivity index (χ1n) is 16.4. The summed E-state index contributed by atoms with van der Waals surface area (Å²) in [6, 6.07) is 63.6. The monoisotopic (exact) mass is 666 g/mol. The number of rotatable bonds is 14. The van der Waals surface area contributed by atoms with Crippen LogP contribution in [0.25, 0.3) is 0 Å². The van der Waals surface area contributed by atoms with Crippen LogP contribution in [0, 0.1) is 0 Å². The van der Waals surface area contributed by atoms with Crippen molar-refractivity contribution in [2.24, 2.45) is 0 Å². The summed E-state index contributed by atoms with van der Waals surface area (Å²) in [6.45, 7) is 0.224. The molecule has 4 heteroatoms. The summed E-state index contributed by atoms with van der Waals surface area (Å²) in [7, 11) is 0. The fourth-order valence-electron chi connectivity index (χ4n) is 6.09. The molecular weight excluding hydrogens is 625 g/mol. The third kappa shape index (κ3) is 8.19. The van der Waals surface area contributed by atoms with Crippen LogP contribution in [-0.4, -0.2) is 29.5 Å². The van der Waals surface area contributed by atoms with Gasteiger partial charge in [-0.05, 0) is 45.6 Å². The molecule has 0 amide bonds. The second-order valence-corrected chi connectivity index (χ2v) is 13.9. The molecule has 1 N–H and O–H groups in total. The summed E-state index contributed by atoms with van der Waals surface area (Å²) < 4.78 is -0.578. The lowest BCUT2D eigenvalue weighted by Gasteiger charge is -2.35. The van der Waals surface area contributed by atoms with Crippen molar-refractivity contribution >= 4 is 29.8 Å². The SMILES string of the molecule is O=CCCSC(c1ccccc1)(c1ccccc1)c1ccccc1.OCCCSC(c1ccccc1)(c1ccccc1)c1ccccc1. The summed E-state index contributed by atoms with van der Waals surface area (Å²) in [5.74, 6) is 1.68. The number of aliphatic hydroxyl groups excluding tert-OH is 1. The molecule has 6 aromatic carbocycles. The smallest absolute Gasteiger partial charge is 0.120 e. The maximum atomic E-state index is 10.9. The third-order valence-electron chi connectivity index (χ3n) is 8.26. The largest absolute Gasteiger partial charge is 0.396 e. The van der Waals surface area contributed by atoms with E-state index < -0.39 is 0 Å². The fourth-order valence-corrected chi connectivity index (χ4v) is 9.00. The van der Waals surface area contributed by atoms with Crippen molar-refractivity contribution in [2.75, 3.05) is 18.1 Å². The molecule has 0 saturated carbocycles. The van der Waals surface area contributed by atoms with Crippen LogP contribution in [0.15, 0.2) is 182 Å². The Kier molecular flexibility index (Phi) is 13.3. The van der Waals surface area contributed by atoms with Gasteiger partial charge in [-0.1, -0.05) is 182 Å². The van der Waals surface area contributed by atoms with Crippen LogP contribution in [0.4, 0.5) is 0 Å². The van der Waals surface area contributed by atoms with Gasteiger partial charge in [0.1, 0.15) is 6.29 Å². The van der Waals surface area contributed by atoms with E-state index in [2.05, 4.69) is 164 Å². The van der Waals surface area contributed by atoms with Crippen molar-refractivity contribution in [3.05, 3.63) is 215 Å². The lowest BCUT2D eigenvalue weighted by atomic mass is 9.84. The van der Waals surface area contributed by atoms with E-state index in [9.17, 15) is 9.90 Å². The number of thioether (sulfide) groups is 2. The molecular formula is C44H42O2S2. The predicted molar refractivity (Wildman–Crippen MR) is 206 cm³/mol. The number of hydrogen-bond donors (Lipinski definition) is 1. The molecule has 0 unspecified atom stereocenters. The predicted octanol–water partition coefficient (Wildman–Crippen LogP) is 10.4. The maximum absolute atomic E-state index is 10.9. The molecule has 0 fully saturated rings. The Labute approximate surface area is 294 Å². The van der Waals surface area contributed by atoms with E-state index in [0.29, 0.717) is 6.42 Å². The number of aldehydes is 1. The van der Waals surface area contributed by atoms with Crippen LogP contribution in [0.2, 0.25) is 0 Å². The molecule has 0 aliphatic heterocycles. The Morgan fingerprint density at radius 3 is 0.896 bits per heavy atom. The third-order valence-corrected chi connectivity index (χ3v) is 11.5. The second-order valence-electron chi connectivity index (χ2n) is 11.3. The summed E-state index contributed by atoms with van der Waals surface area (Å²) in [4.78, 5) is 10.9. The van der Waals surface area contributed by atoms with E-state index in [1.807, 2.05) is 41.7 Å². The Morgan fingerprint density at radius 1 is 0.417 bits per heavy atom. The van der Waals surface area contributed by atoms with E-state index >= 15 is 0 Å². The van der Waals surface area contributed by atoms with Gasteiger partial charge >= 0.3 is 0 Å². The minimum Gasteiger partial charge on any atom is -0.396 e. The van der Waals surface area contributed by atoms with E-state index in [4.69, 9.17) is 0 Å². The molecule has 6 aromatic rings. The van der Waals surface area contributed by atoms with Gasteiger partial charge in [0.25, 0.3) is 0 Å². The Morgan fingerprint density at radius 2 is 0.667 bits per heavy atom. The minimum atomic E-state index is -0.313. The standard InChI is InChI=1S/C22H22OS.C22H20OS/c2*23-17-10-18-24-22(19-11-4-1-5-12-19,20-13-6-2-7-14-20)21-15-8-3-9-16-21/h1-9,11-16,23H,10,17-18H2;1-9,11-17H,10,18H2. The average molecular weight is 667 g/mol. The zero-order valence-electron chi connectivity index (χ0n) is 27.1. The zero-order valence-corrected chi connectivity index (χ0v) is 28.7. The summed E-state index contributed by atoms with van der Waals surface area (Å²) in [5, 5.41) is 9.26. The van der Waals surface area contributed by atoms with Crippen LogP contribution in [0.5, 0.6) is 0 Å². The molecule has 0 saturated heterocycles. The lowest BCUT2D eigenvalue weighted by molar-refractivity contribution is -0.107. The van der Waals surface area contributed by atoms with E-state index in [1.165, 1.54) is 33.4 Å². The maximum Gasteiger partial charge on any atom is 0.120 e. The van der Waals surface area contributed by atoms with Crippen molar-refractivity contribution in [3.63, 3.8) is 0 Å². The molecule has 0 heterocycles. The van der Waals surface area contributed by atoms with Crippen molar-refractivity contribution in [2.45, 2.75) is 22.3 Å². The Balaban J connectivity index is 0.000000188. The van der Waals surface area contributed by atoms with Crippen molar-refractivity contribution in [1.82, 2.24) is 0 Å². The molecule has 2 nitrogen and oxygen atoms in total. The van der Waals surface area contributed by atoms with Crippen LogP contribution < -0.4 is 0 Å². The lowest BCUT2D eigenvalue weighted by Crippen LogP contribution is -2.26. The second kappa shape index (κ2) is 18.3. The highest BCUT2D eigenvalue weighted by molar-refractivity contribution is 8.00. The molecule has 0 aliphatic carbocycles. The van der Waals surface area contributed by atoms with E-state index in [0.717, 1.165) is 24.2 Å². The van der Waals surface area contributed by atoms with Crippen LogP contribution in [0.1, 0.15) is 46.2 Å². The minimum absolute atomic E-state index is 0.224. The van der Waals surface area contributed by atoms with Crippen molar-refractivity contribution in [3.8, 4) is 0 Å². The molecule has 0 spiro atoms. The van der Waals surface area contributed by atoms with Gasteiger partial charge < -0.3 is 9.90 Å². The quantitative estimate of drug-likeness (QED) is 0.0713. The van der Waals surface area contributed by atoms with Gasteiger partial charge in [-0.15, -0.1) is 23.5 Å². The van der Waals surface area contributed by atoms with E-state index in [-0.39, 0.29) is 16.1 Å². The molecule has 0 bridgehead atoms. The molecule has 0 atom stereocenters. The zero-order chi connectivity index (χ0) is 33.3. The number of aliphatic hydroxyl groups is 1. The topological polar surface area (TPSA) is 37.3 Å². The normalized spacial score (nSPS) is 11.3. The molecule has 6 rings (SSSR count). The van der Waals surface area contributed by atoms with Gasteiger partial charge in [-0.3, -0.25) is 0 Å².